The molecule has 2 rings (SSSR count). The van der Waals surface area contributed by atoms with Crippen molar-refractivity contribution in [1.82, 2.24) is 9.78 Å². The maximum atomic E-state index is 10.7. The molecular weight excluding hydrogens is 242 g/mol. The van der Waals surface area contributed by atoms with E-state index in [1.807, 2.05) is 18.7 Å². The highest BCUT2D eigenvalue weighted by Crippen LogP contribution is 2.32. The number of aromatic nitrogens is 2. The number of carboxylic acid groups (broad SMARTS) is 1. The monoisotopic (exact) mass is 263 g/mol. The maximum absolute atomic E-state index is 10.7. The highest BCUT2D eigenvalue weighted by molar-refractivity contribution is 5.87. The Morgan fingerprint density at radius 1 is 1.47 bits per heavy atom. The summed E-state index contributed by atoms with van der Waals surface area (Å²) >= 11 is 0. The summed E-state index contributed by atoms with van der Waals surface area (Å²) in [5.41, 5.74) is 1.77. The second-order valence-corrected chi connectivity index (χ2v) is 5.46. The van der Waals surface area contributed by atoms with Crippen LogP contribution < -0.4 is 4.90 Å². The molecule has 0 aromatic carbocycles. The van der Waals surface area contributed by atoms with Crippen LogP contribution in [0.1, 0.15) is 31.5 Å². The predicted molar refractivity (Wildman–Crippen MR) is 75.2 cm³/mol. The Balaban J connectivity index is 2.42. The molecule has 1 aromatic heterocycles. The molecule has 5 nitrogen and oxygen atoms in total. The fraction of sp³-hybridized carbons (Fsp3) is 0.571. The average Bonchev–Trinajstić information content (AvgIpc) is 2.75. The van der Waals surface area contributed by atoms with E-state index in [0.29, 0.717) is 12.0 Å². The van der Waals surface area contributed by atoms with Gasteiger partial charge in [-0.2, -0.15) is 5.10 Å². The molecule has 1 N–H and O–H groups in total. The molecule has 1 aliphatic heterocycles. The number of hydrogen-bond acceptors (Lipinski definition) is 3. The molecule has 1 fully saturated rings. The standard InChI is InChI=1S/C14H21N3O2/c1-9-7-10(2)17(8-9)14-12(5-6-13(18)19)11(3)15-16(14)4/h5-6,9-10H,7-8H2,1-4H3,(H,18,19)/b6-5+. The highest BCUT2D eigenvalue weighted by Gasteiger charge is 2.30. The van der Waals surface area contributed by atoms with Crippen LogP contribution in [0.3, 0.4) is 0 Å². The van der Waals surface area contributed by atoms with Gasteiger partial charge < -0.3 is 10.0 Å². The average molecular weight is 263 g/mol. The lowest BCUT2D eigenvalue weighted by atomic mass is 10.1. The Hall–Kier alpha value is -1.78. The van der Waals surface area contributed by atoms with Crippen LogP contribution in [0.4, 0.5) is 5.82 Å². The molecule has 1 aliphatic rings. The van der Waals surface area contributed by atoms with E-state index >= 15 is 0 Å². The summed E-state index contributed by atoms with van der Waals surface area (Å²) in [5.74, 6) is 0.741. The van der Waals surface area contributed by atoms with Crippen molar-refractivity contribution in [2.45, 2.75) is 33.2 Å². The molecule has 0 radical (unpaired) electrons. The number of rotatable bonds is 3. The van der Waals surface area contributed by atoms with Gasteiger partial charge in [0.1, 0.15) is 5.82 Å². The number of nitrogens with zero attached hydrogens (tertiary/aromatic N) is 3. The van der Waals surface area contributed by atoms with Crippen molar-refractivity contribution in [3.8, 4) is 0 Å². The summed E-state index contributed by atoms with van der Waals surface area (Å²) < 4.78 is 1.85. The third kappa shape index (κ3) is 2.64. The molecule has 2 unspecified atom stereocenters. The lowest BCUT2D eigenvalue weighted by Crippen LogP contribution is -2.29. The second kappa shape index (κ2) is 5.07. The van der Waals surface area contributed by atoms with Crippen molar-refractivity contribution in [1.29, 1.82) is 0 Å². The van der Waals surface area contributed by atoms with Crippen LogP contribution in [-0.4, -0.2) is 33.4 Å². The molecule has 5 heteroatoms. The topological polar surface area (TPSA) is 58.4 Å². The summed E-state index contributed by atoms with van der Waals surface area (Å²) in [6.07, 6.45) is 3.99. The molecule has 0 aliphatic carbocycles. The van der Waals surface area contributed by atoms with Gasteiger partial charge in [0.2, 0.25) is 0 Å². The highest BCUT2D eigenvalue weighted by atomic mass is 16.4. The number of hydrogen-bond donors (Lipinski definition) is 1. The number of carbonyl (C=O) groups is 1. The molecule has 0 spiro atoms. The van der Waals surface area contributed by atoms with Crippen molar-refractivity contribution in [3.63, 3.8) is 0 Å². The molecule has 104 valence electrons. The Morgan fingerprint density at radius 2 is 2.16 bits per heavy atom. The molecule has 1 saturated heterocycles. The van der Waals surface area contributed by atoms with E-state index in [2.05, 4.69) is 23.8 Å². The van der Waals surface area contributed by atoms with Crippen molar-refractivity contribution in [3.05, 3.63) is 17.3 Å². The third-order valence-electron chi connectivity index (χ3n) is 3.69. The lowest BCUT2D eigenvalue weighted by molar-refractivity contribution is -0.131. The molecule has 2 atom stereocenters. The van der Waals surface area contributed by atoms with Crippen LogP contribution in [0.5, 0.6) is 0 Å². The quantitative estimate of drug-likeness (QED) is 0.848. The first kappa shape index (κ1) is 13.6. The summed E-state index contributed by atoms with van der Waals surface area (Å²) in [7, 11) is 1.91. The van der Waals surface area contributed by atoms with Gasteiger partial charge in [-0.3, -0.25) is 4.68 Å². The minimum atomic E-state index is -0.933. The summed E-state index contributed by atoms with van der Waals surface area (Å²) in [6.45, 7) is 7.35. The fourth-order valence-electron chi connectivity index (χ4n) is 2.95. The maximum Gasteiger partial charge on any atom is 0.328 e. The molecule has 0 saturated carbocycles. The zero-order chi connectivity index (χ0) is 14.2. The van der Waals surface area contributed by atoms with Gasteiger partial charge in [0.05, 0.1) is 5.69 Å². The van der Waals surface area contributed by atoms with Crippen molar-refractivity contribution in [2.24, 2.45) is 13.0 Å². The number of anilines is 1. The van der Waals surface area contributed by atoms with E-state index in [-0.39, 0.29) is 0 Å². The van der Waals surface area contributed by atoms with Crippen LogP contribution in [0, 0.1) is 12.8 Å². The Morgan fingerprint density at radius 3 is 2.68 bits per heavy atom. The van der Waals surface area contributed by atoms with Crippen LogP contribution in [-0.2, 0) is 11.8 Å². The van der Waals surface area contributed by atoms with E-state index in [1.165, 1.54) is 6.08 Å². The Bertz CT molecular complexity index is 519. The van der Waals surface area contributed by atoms with Crippen LogP contribution in [0.2, 0.25) is 0 Å². The van der Waals surface area contributed by atoms with Gasteiger partial charge in [-0.25, -0.2) is 4.79 Å². The molecule has 19 heavy (non-hydrogen) atoms. The van der Waals surface area contributed by atoms with Crippen molar-refractivity contribution >= 4 is 17.9 Å². The first-order valence-electron chi connectivity index (χ1n) is 6.61. The van der Waals surface area contributed by atoms with Gasteiger partial charge in [0.25, 0.3) is 0 Å². The van der Waals surface area contributed by atoms with Gasteiger partial charge in [-0.15, -0.1) is 0 Å². The number of aryl methyl sites for hydroxylation is 2. The fourth-order valence-corrected chi connectivity index (χ4v) is 2.95. The van der Waals surface area contributed by atoms with Gasteiger partial charge in [0, 0.05) is 31.3 Å². The molecular formula is C14H21N3O2. The normalized spacial score (nSPS) is 23.5. The number of aliphatic carboxylic acids is 1. The lowest BCUT2D eigenvalue weighted by Gasteiger charge is -2.24. The third-order valence-corrected chi connectivity index (χ3v) is 3.69. The van der Waals surface area contributed by atoms with Crippen LogP contribution >= 0.6 is 0 Å². The minimum absolute atomic E-state index is 0.460. The van der Waals surface area contributed by atoms with Gasteiger partial charge in [-0.1, -0.05) is 6.92 Å². The predicted octanol–water partition coefficient (Wildman–Crippen LogP) is 2.06. The van der Waals surface area contributed by atoms with E-state index in [4.69, 9.17) is 5.11 Å². The summed E-state index contributed by atoms with van der Waals surface area (Å²) in [5, 5.41) is 13.2. The van der Waals surface area contributed by atoms with E-state index < -0.39 is 5.97 Å². The van der Waals surface area contributed by atoms with Gasteiger partial charge in [0.15, 0.2) is 0 Å². The van der Waals surface area contributed by atoms with E-state index in [0.717, 1.165) is 30.0 Å². The first-order valence-corrected chi connectivity index (χ1v) is 6.61. The Kier molecular flexibility index (Phi) is 3.64. The largest absolute Gasteiger partial charge is 0.478 e. The zero-order valence-corrected chi connectivity index (χ0v) is 11.9. The van der Waals surface area contributed by atoms with Gasteiger partial charge in [-0.05, 0) is 32.3 Å². The van der Waals surface area contributed by atoms with Crippen LogP contribution in [0.15, 0.2) is 6.08 Å². The zero-order valence-electron chi connectivity index (χ0n) is 11.9. The Labute approximate surface area is 113 Å². The van der Waals surface area contributed by atoms with E-state index in [9.17, 15) is 4.79 Å². The summed E-state index contributed by atoms with van der Waals surface area (Å²) in [4.78, 5) is 13.0. The van der Waals surface area contributed by atoms with Crippen molar-refractivity contribution in [2.75, 3.05) is 11.4 Å². The first-order chi connectivity index (χ1) is 8.90. The van der Waals surface area contributed by atoms with Crippen molar-refractivity contribution < 1.29 is 9.90 Å². The number of carboxylic acids is 1. The van der Waals surface area contributed by atoms with Gasteiger partial charge >= 0.3 is 5.97 Å². The van der Waals surface area contributed by atoms with Crippen LogP contribution in [0.25, 0.3) is 6.08 Å². The molecule has 0 bridgehead atoms. The smallest absolute Gasteiger partial charge is 0.328 e. The molecule has 1 aromatic rings. The minimum Gasteiger partial charge on any atom is -0.478 e. The summed E-state index contributed by atoms with van der Waals surface area (Å²) in [6, 6.07) is 0.460. The molecule has 2 heterocycles. The van der Waals surface area contributed by atoms with E-state index in [1.54, 1.807) is 6.08 Å². The molecule has 0 amide bonds. The second-order valence-electron chi connectivity index (χ2n) is 5.46. The SMILES string of the molecule is Cc1nn(C)c(N2CC(C)CC2C)c1/C=C/C(=O)O.